The number of aliphatic hydroxyl groups excluding tert-OH is 1. The molecule has 0 aromatic carbocycles. The first kappa shape index (κ1) is 15.8. The van der Waals surface area contributed by atoms with Crippen LogP contribution in [0.1, 0.15) is 26.2 Å². The van der Waals surface area contributed by atoms with E-state index in [0.717, 1.165) is 19.3 Å². The molecule has 7 heteroatoms. The molecular weight excluding hydrogens is 256 g/mol. The van der Waals surface area contributed by atoms with Gasteiger partial charge in [-0.25, -0.2) is 0 Å². The van der Waals surface area contributed by atoms with E-state index >= 15 is 0 Å². The summed E-state index contributed by atoms with van der Waals surface area (Å²) in [5.41, 5.74) is 0. The Balaban J connectivity index is 2.50. The van der Waals surface area contributed by atoms with Crippen molar-refractivity contribution in [3.8, 4) is 0 Å². The quantitative estimate of drug-likeness (QED) is 0.669. The highest BCUT2D eigenvalue weighted by Gasteiger charge is 2.32. The van der Waals surface area contributed by atoms with Crippen molar-refractivity contribution in [1.82, 2.24) is 8.61 Å². The summed E-state index contributed by atoms with van der Waals surface area (Å²) in [7, 11) is -1.81. The molecule has 108 valence electrons. The summed E-state index contributed by atoms with van der Waals surface area (Å²) >= 11 is 0. The summed E-state index contributed by atoms with van der Waals surface area (Å²) in [6, 6.07) is 0.0737. The monoisotopic (exact) mass is 280 g/mol. The maximum atomic E-state index is 12.3. The fraction of sp³-hybridized carbons (Fsp3) is 1.00. The van der Waals surface area contributed by atoms with Crippen molar-refractivity contribution in [2.24, 2.45) is 0 Å². The first-order valence-corrected chi connectivity index (χ1v) is 7.81. The van der Waals surface area contributed by atoms with E-state index in [1.807, 2.05) is 6.92 Å². The van der Waals surface area contributed by atoms with Gasteiger partial charge in [-0.2, -0.15) is 17.0 Å². The van der Waals surface area contributed by atoms with Crippen molar-refractivity contribution >= 4 is 10.2 Å². The van der Waals surface area contributed by atoms with Crippen LogP contribution in [0.4, 0.5) is 0 Å². The van der Waals surface area contributed by atoms with Crippen molar-refractivity contribution < 1.29 is 18.3 Å². The lowest BCUT2D eigenvalue weighted by molar-refractivity contribution is 0.0865. The molecule has 1 heterocycles. The summed E-state index contributed by atoms with van der Waals surface area (Å²) in [6.07, 6.45) is 2.95. The van der Waals surface area contributed by atoms with Crippen molar-refractivity contribution in [1.29, 1.82) is 0 Å². The molecule has 1 unspecified atom stereocenters. The first-order valence-electron chi connectivity index (χ1n) is 6.42. The SMILES string of the molecule is CC1CCCCN1S(=O)(=O)N(C)CCOCCO. The topological polar surface area (TPSA) is 70.1 Å². The summed E-state index contributed by atoms with van der Waals surface area (Å²) < 4.78 is 32.6. The summed E-state index contributed by atoms with van der Waals surface area (Å²) in [4.78, 5) is 0. The lowest BCUT2D eigenvalue weighted by Crippen LogP contribution is -2.49. The second-order valence-electron chi connectivity index (χ2n) is 4.62. The van der Waals surface area contributed by atoms with E-state index in [1.54, 1.807) is 11.4 Å². The average Bonchev–Trinajstić information content (AvgIpc) is 2.34. The third-order valence-corrected chi connectivity index (χ3v) is 5.32. The number of hydrogen-bond donors (Lipinski definition) is 1. The predicted molar refractivity (Wildman–Crippen MR) is 69.5 cm³/mol. The molecular formula is C11H24N2O4S. The molecule has 1 N–H and O–H groups in total. The van der Waals surface area contributed by atoms with Crippen LogP contribution in [0, 0.1) is 0 Å². The molecule has 1 aliphatic rings. The normalized spacial score (nSPS) is 22.6. The minimum absolute atomic E-state index is 0.0420. The van der Waals surface area contributed by atoms with Gasteiger partial charge in [0.15, 0.2) is 0 Å². The van der Waals surface area contributed by atoms with Gasteiger partial charge in [0.2, 0.25) is 0 Å². The van der Waals surface area contributed by atoms with Crippen LogP contribution < -0.4 is 0 Å². The molecule has 6 nitrogen and oxygen atoms in total. The number of nitrogens with zero attached hydrogens (tertiary/aromatic N) is 2. The minimum atomic E-state index is -3.37. The highest BCUT2D eigenvalue weighted by Crippen LogP contribution is 2.21. The Morgan fingerprint density at radius 2 is 2.11 bits per heavy atom. The van der Waals surface area contributed by atoms with Gasteiger partial charge >= 0.3 is 0 Å². The third-order valence-electron chi connectivity index (χ3n) is 3.22. The Bertz CT molecular complexity index is 334. The smallest absolute Gasteiger partial charge is 0.282 e. The van der Waals surface area contributed by atoms with E-state index in [1.165, 1.54) is 4.31 Å². The molecule has 18 heavy (non-hydrogen) atoms. The summed E-state index contributed by atoms with van der Waals surface area (Å²) in [5, 5.41) is 8.56. The van der Waals surface area contributed by atoms with Crippen LogP contribution >= 0.6 is 0 Å². The second-order valence-corrected chi connectivity index (χ2v) is 6.61. The molecule has 0 bridgehead atoms. The Morgan fingerprint density at radius 1 is 1.39 bits per heavy atom. The largest absolute Gasteiger partial charge is 0.394 e. The zero-order valence-corrected chi connectivity index (χ0v) is 12.0. The van der Waals surface area contributed by atoms with E-state index in [-0.39, 0.29) is 19.3 Å². The van der Waals surface area contributed by atoms with Crippen LogP contribution in [-0.4, -0.2) is 68.1 Å². The number of hydrogen-bond acceptors (Lipinski definition) is 4. The van der Waals surface area contributed by atoms with Gasteiger partial charge in [0.25, 0.3) is 10.2 Å². The highest BCUT2D eigenvalue weighted by atomic mass is 32.2. The van der Waals surface area contributed by atoms with E-state index in [2.05, 4.69) is 0 Å². The number of piperidine rings is 1. The molecule has 0 radical (unpaired) electrons. The minimum Gasteiger partial charge on any atom is -0.394 e. The number of rotatable bonds is 7. The second kappa shape index (κ2) is 7.40. The van der Waals surface area contributed by atoms with Gasteiger partial charge in [-0.05, 0) is 19.8 Å². The first-order chi connectivity index (χ1) is 8.50. The van der Waals surface area contributed by atoms with Crippen molar-refractivity contribution in [3.63, 3.8) is 0 Å². The van der Waals surface area contributed by atoms with Gasteiger partial charge in [-0.15, -0.1) is 0 Å². The van der Waals surface area contributed by atoms with Gasteiger partial charge in [0.05, 0.1) is 19.8 Å². The Hall–Kier alpha value is -0.210. The van der Waals surface area contributed by atoms with Crippen LogP contribution in [0.5, 0.6) is 0 Å². The van der Waals surface area contributed by atoms with Crippen LogP contribution in [0.25, 0.3) is 0 Å². The van der Waals surface area contributed by atoms with Crippen molar-refractivity contribution in [2.75, 3.05) is 40.0 Å². The molecule has 0 aromatic heterocycles. The zero-order chi connectivity index (χ0) is 13.6. The van der Waals surface area contributed by atoms with E-state index in [0.29, 0.717) is 19.7 Å². The van der Waals surface area contributed by atoms with E-state index < -0.39 is 10.2 Å². The molecule has 0 amide bonds. The third kappa shape index (κ3) is 4.17. The fourth-order valence-corrected chi connectivity index (χ4v) is 3.65. The van der Waals surface area contributed by atoms with Gasteiger partial charge < -0.3 is 9.84 Å². The van der Waals surface area contributed by atoms with Gasteiger partial charge in [0.1, 0.15) is 0 Å². The summed E-state index contributed by atoms with van der Waals surface area (Å²) in [5.74, 6) is 0. The van der Waals surface area contributed by atoms with E-state index in [4.69, 9.17) is 9.84 Å². The van der Waals surface area contributed by atoms with Gasteiger partial charge in [0, 0.05) is 26.2 Å². The Labute approximate surface area is 110 Å². The molecule has 0 saturated carbocycles. The number of aliphatic hydroxyl groups is 1. The maximum absolute atomic E-state index is 12.3. The average molecular weight is 280 g/mol. The molecule has 0 aromatic rings. The van der Waals surface area contributed by atoms with Gasteiger partial charge in [-0.3, -0.25) is 0 Å². The Kier molecular flexibility index (Phi) is 6.51. The van der Waals surface area contributed by atoms with Crippen LogP contribution in [0.15, 0.2) is 0 Å². The Morgan fingerprint density at radius 3 is 2.72 bits per heavy atom. The highest BCUT2D eigenvalue weighted by molar-refractivity contribution is 7.86. The van der Waals surface area contributed by atoms with E-state index in [9.17, 15) is 8.42 Å². The zero-order valence-electron chi connectivity index (χ0n) is 11.2. The predicted octanol–water partition coefficient (Wildman–Crippen LogP) is 0.0463. The van der Waals surface area contributed by atoms with Crippen molar-refractivity contribution in [3.05, 3.63) is 0 Å². The summed E-state index contributed by atoms with van der Waals surface area (Å²) in [6.45, 7) is 3.37. The lowest BCUT2D eigenvalue weighted by atomic mass is 10.1. The molecule has 1 fully saturated rings. The fourth-order valence-electron chi connectivity index (χ4n) is 2.07. The maximum Gasteiger partial charge on any atom is 0.282 e. The van der Waals surface area contributed by atoms with Gasteiger partial charge in [-0.1, -0.05) is 6.42 Å². The van der Waals surface area contributed by atoms with Crippen LogP contribution in [0.2, 0.25) is 0 Å². The molecule has 1 rings (SSSR count). The standard InChI is InChI=1S/C11H24N2O4S/c1-11-5-3-4-6-13(11)18(15,16)12(2)7-9-17-10-8-14/h11,14H,3-10H2,1-2H3. The number of likely N-dealkylation sites (N-methyl/N-ethyl adjacent to an activating group) is 1. The number of ether oxygens (including phenoxy) is 1. The van der Waals surface area contributed by atoms with Crippen LogP contribution in [-0.2, 0) is 14.9 Å². The van der Waals surface area contributed by atoms with Crippen molar-refractivity contribution in [2.45, 2.75) is 32.2 Å². The molecule has 0 aliphatic carbocycles. The lowest BCUT2D eigenvalue weighted by Gasteiger charge is -2.35. The van der Waals surface area contributed by atoms with Crippen LogP contribution in [0.3, 0.4) is 0 Å². The molecule has 1 atom stereocenters. The molecule has 0 spiro atoms. The molecule has 1 aliphatic heterocycles. The molecule has 1 saturated heterocycles.